The van der Waals surface area contributed by atoms with E-state index >= 15 is 0 Å². The lowest BCUT2D eigenvalue weighted by Gasteiger charge is -2.12. The molecule has 0 heterocycles. The van der Waals surface area contributed by atoms with E-state index in [0.717, 1.165) is 16.7 Å². The molecular weight excluding hydrogens is 201 g/mol. The second kappa shape index (κ2) is 4.45. The fraction of sp³-hybridized carbons (Fsp3) is 0.143. The first-order valence-corrected chi connectivity index (χ1v) is 5.29. The van der Waals surface area contributed by atoms with Crippen LogP contribution in [0.1, 0.15) is 18.5 Å². The Bertz CT molecular complexity index is 474. The van der Waals surface area contributed by atoms with Crippen LogP contribution in [0.25, 0.3) is 11.1 Å². The van der Waals surface area contributed by atoms with Gasteiger partial charge in [-0.3, -0.25) is 0 Å². The minimum absolute atomic E-state index is 0.0266. The highest BCUT2D eigenvalue weighted by atomic mass is 19.1. The number of nitrogens with two attached hydrogens (primary N) is 1. The van der Waals surface area contributed by atoms with Gasteiger partial charge in [0, 0.05) is 6.04 Å². The standard InChI is InChI=1S/C14H14FN/c1-10(16)13-4-2-3-5-14(13)11-6-8-12(15)9-7-11/h2-10H,16H2,1H3. The summed E-state index contributed by atoms with van der Waals surface area (Å²) in [5.41, 5.74) is 9.05. The van der Waals surface area contributed by atoms with Gasteiger partial charge in [0.15, 0.2) is 0 Å². The highest BCUT2D eigenvalue weighted by molar-refractivity contribution is 5.67. The maximum atomic E-state index is 12.8. The molecule has 82 valence electrons. The van der Waals surface area contributed by atoms with Gasteiger partial charge < -0.3 is 5.73 Å². The van der Waals surface area contributed by atoms with E-state index < -0.39 is 0 Å². The van der Waals surface area contributed by atoms with E-state index in [1.54, 1.807) is 12.1 Å². The molecule has 0 amide bonds. The molecule has 0 saturated heterocycles. The summed E-state index contributed by atoms with van der Waals surface area (Å²) in [6.45, 7) is 1.95. The van der Waals surface area contributed by atoms with Crippen molar-refractivity contribution in [3.8, 4) is 11.1 Å². The summed E-state index contributed by atoms with van der Waals surface area (Å²) < 4.78 is 12.8. The van der Waals surface area contributed by atoms with Crippen LogP contribution < -0.4 is 5.73 Å². The summed E-state index contributed by atoms with van der Waals surface area (Å²) in [5.74, 6) is -0.220. The van der Waals surface area contributed by atoms with Crippen LogP contribution in [0.5, 0.6) is 0 Å². The predicted octanol–water partition coefficient (Wildman–Crippen LogP) is 3.51. The van der Waals surface area contributed by atoms with Gasteiger partial charge in [0.05, 0.1) is 0 Å². The van der Waals surface area contributed by atoms with Crippen LogP contribution in [0.4, 0.5) is 4.39 Å². The highest BCUT2D eigenvalue weighted by Gasteiger charge is 2.07. The second-order valence-corrected chi connectivity index (χ2v) is 3.88. The van der Waals surface area contributed by atoms with Crippen molar-refractivity contribution in [2.45, 2.75) is 13.0 Å². The van der Waals surface area contributed by atoms with Crippen molar-refractivity contribution in [1.29, 1.82) is 0 Å². The Labute approximate surface area is 94.7 Å². The van der Waals surface area contributed by atoms with Gasteiger partial charge in [0.1, 0.15) is 5.82 Å². The average Bonchev–Trinajstić information content (AvgIpc) is 2.30. The van der Waals surface area contributed by atoms with Crippen molar-refractivity contribution in [2.24, 2.45) is 5.73 Å². The number of hydrogen-bond donors (Lipinski definition) is 1. The molecular formula is C14H14FN. The van der Waals surface area contributed by atoms with Gasteiger partial charge >= 0.3 is 0 Å². The summed E-state index contributed by atoms with van der Waals surface area (Å²) in [5, 5.41) is 0. The minimum Gasteiger partial charge on any atom is -0.324 e. The highest BCUT2D eigenvalue weighted by Crippen LogP contribution is 2.27. The molecule has 0 spiro atoms. The molecule has 2 aromatic carbocycles. The zero-order chi connectivity index (χ0) is 11.5. The van der Waals surface area contributed by atoms with E-state index in [-0.39, 0.29) is 11.9 Å². The van der Waals surface area contributed by atoms with Crippen molar-refractivity contribution in [3.05, 3.63) is 59.9 Å². The summed E-state index contributed by atoms with van der Waals surface area (Å²) >= 11 is 0. The van der Waals surface area contributed by atoms with Gasteiger partial charge in [0.2, 0.25) is 0 Å². The molecule has 0 radical (unpaired) electrons. The van der Waals surface area contributed by atoms with Crippen molar-refractivity contribution in [2.75, 3.05) is 0 Å². The Morgan fingerprint density at radius 2 is 1.62 bits per heavy atom. The predicted molar refractivity (Wildman–Crippen MR) is 64.4 cm³/mol. The van der Waals surface area contributed by atoms with Crippen molar-refractivity contribution >= 4 is 0 Å². The molecule has 0 aliphatic carbocycles. The summed E-state index contributed by atoms with van der Waals surface area (Å²) in [4.78, 5) is 0. The molecule has 0 aromatic heterocycles. The maximum Gasteiger partial charge on any atom is 0.123 e. The summed E-state index contributed by atoms with van der Waals surface area (Å²) in [6.07, 6.45) is 0. The molecule has 0 bridgehead atoms. The molecule has 2 N–H and O–H groups in total. The van der Waals surface area contributed by atoms with Crippen molar-refractivity contribution in [1.82, 2.24) is 0 Å². The van der Waals surface area contributed by atoms with Crippen LogP contribution in [0.3, 0.4) is 0 Å². The Kier molecular flexibility index (Phi) is 3.02. The van der Waals surface area contributed by atoms with Crippen LogP contribution in [0.2, 0.25) is 0 Å². The third-order valence-electron chi connectivity index (χ3n) is 2.61. The molecule has 0 saturated carbocycles. The lowest BCUT2D eigenvalue weighted by molar-refractivity contribution is 0.628. The van der Waals surface area contributed by atoms with E-state index in [1.807, 2.05) is 31.2 Å². The molecule has 1 nitrogen and oxygen atoms in total. The zero-order valence-electron chi connectivity index (χ0n) is 9.15. The Balaban J connectivity index is 2.51. The SMILES string of the molecule is CC(N)c1ccccc1-c1ccc(F)cc1. The molecule has 0 fully saturated rings. The Morgan fingerprint density at radius 3 is 2.25 bits per heavy atom. The van der Waals surface area contributed by atoms with Crippen molar-refractivity contribution < 1.29 is 4.39 Å². The first-order valence-electron chi connectivity index (χ1n) is 5.29. The fourth-order valence-corrected chi connectivity index (χ4v) is 1.79. The smallest absolute Gasteiger partial charge is 0.123 e. The summed E-state index contributed by atoms with van der Waals surface area (Å²) in [6, 6.07) is 14.4. The molecule has 1 atom stereocenters. The van der Waals surface area contributed by atoms with E-state index in [0.29, 0.717) is 0 Å². The number of benzene rings is 2. The van der Waals surface area contributed by atoms with E-state index in [1.165, 1.54) is 12.1 Å². The van der Waals surface area contributed by atoms with Crippen LogP contribution in [-0.2, 0) is 0 Å². The Hall–Kier alpha value is -1.67. The molecule has 0 aliphatic rings. The fourth-order valence-electron chi connectivity index (χ4n) is 1.79. The van der Waals surface area contributed by atoms with Crippen LogP contribution >= 0.6 is 0 Å². The normalized spacial score (nSPS) is 12.4. The second-order valence-electron chi connectivity index (χ2n) is 3.88. The molecule has 2 aromatic rings. The lowest BCUT2D eigenvalue weighted by Crippen LogP contribution is -2.06. The van der Waals surface area contributed by atoms with Gasteiger partial charge in [-0.2, -0.15) is 0 Å². The topological polar surface area (TPSA) is 26.0 Å². The zero-order valence-corrected chi connectivity index (χ0v) is 9.15. The average molecular weight is 215 g/mol. The lowest BCUT2D eigenvalue weighted by atomic mass is 9.96. The Morgan fingerprint density at radius 1 is 1.00 bits per heavy atom. The van der Waals surface area contributed by atoms with Crippen LogP contribution in [-0.4, -0.2) is 0 Å². The van der Waals surface area contributed by atoms with Crippen LogP contribution in [0.15, 0.2) is 48.5 Å². The first-order chi connectivity index (χ1) is 7.68. The summed E-state index contributed by atoms with van der Waals surface area (Å²) in [7, 11) is 0. The molecule has 1 unspecified atom stereocenters. The molecule has 2 rings (SSSR count). The number of rotatable bonds is 2. The first kappa shape index (κ1) is 10.8. The molecule has 16 heavy (non-hydrogen) atoms. The van der Waals surface area contributed by atoms with Crippen LogP contribution in [0, 0.1) is 5.82 Å². The third-order valence-corrected chi connectivity index (χ3v) is 2.61. The third kappa shape index (κ3) is 2.12. The number of halogens is 1. The van der Waals surface area contributed by atoms with Crippen molar-refractivity contribution in [3.63, 3.8) is 0 Å². The quantitative estimate of drug-likeness (QED) is 0.815. The molecule has 2 heteroatoms. The minimum atomic E-state index is -0.220. The molecule has 0 aliphatic heterocycles. The van der Waals surface area contributed by atoms with E-state index in [9.17, 15) is 4.39 Å². The van der Waals surface area contributed by atoms with Gasteiger partial charge in [-0.25, -0.2) is 4.39 Å². The maximum absolute atomic E-state index is 12.8. The van der Waals surface area contributed by atoms with E-state index in [2.05, 4.69) is 0 Å². The number of hydrogen-bond acceptors (Lipinski definition) is 1. The monoisotopic (exact) mass is 215 g/mol. The largest absolute Gasteiger partial charge is 0.324 e. The van der Waals surface area contributed by atoms with Gasteiger partial charge in [-0.1, -0.05) is 36.4 Å². The van der Waals surface area contributed by atoms with Gasteiger partial charge in [-0.05, 0) is 35.7 Å². The van der Waals surface area contributed by atoms with Gasteiger partial charge in [-0.15, -0.1) is 0 Å². The van der Waals surface area contributed by atoms with E-state index in [4.69, 9.17) is 5.73 Å². The van der Waals surface area contributed by atoms with Gasteiger partial charge in [0.25, 0.3) is 0 Å².